The van der Waals surface area contributed by atoms with Crippen LogP contribution in [0.2, 0.25) is 0 Å². The highest BCUT2D eigenvalue weighted by Gasteiger charge is 2.10. The van der Waals surface area contributed by atoms with Crippen LogP contribution < -0.4 is 11.1 Å². The van der Waals surface area contributed by atoms with Gasteiger partial charge in [0.2, 0.25) is 0 Å². The van der Waals surface area contributed by atoms with E-state index in [4.69, 9.17) is 5.73 Å². The lowest BCUT2D eigenvalue weighted by Gasteiger charge is -2.07. The van der Waals surface area contributed by atoms with Gasteiger partial charge in [-0.3, -0.25) is 9.36 Å². The molecule has 98 valence electrons. The van der Waals surface area contributed by atoms with E-state index in [2.05, 4.69) is 20.7 Å². The Morgan fingerprint density at radius 1 is 1.44 bits per heavy atom. The van der Waals surface area contributed by atoms with Crippen molar-refractivity contribution in [2.45, 2.75) is 26.3 Å². The first-order chi connectivity index (χ1) is 8.72. The number of nitrogens with zero attached hydrogens (tertiary/aromatic N) is 5. The maximum Gasteiger partial charge on any atom is 0.147 e. The highest BCUT2D eigenvalue weighted by atomic mass is 15.4. The first-order valence-electron chi connectivity index (χ1n) is 6.11. The van der Waals surface area contributed by atoms with E-state index in [1.807, 2.05) is 24.9 Å². The quantitative estimate of drug-likeness (QED) is 0.734. The first-order valence-corrected chi connectivity index (χ1v) is 6.11. The van der Waals surface area contributed by atoms with Crippen molar-refractivity contribution in [3.63, 3.8) is 0 Å². The molecule has 0 saturated carbocycles. The number of hydrogen-bond donors (Lipinski definition) is 2. The summed E-state index contributed by atoms with van der Waals surface area (Å²) in [5.41, 5.74) is 7.71. The van der Waals surface area contributed by atoms with Crippen LogP contribution in [0.1, 0.15) is 19.0 Å². The summed E-state index contributed by atoms with van der Waals surface area (Å²) in [4.78, 5) is 0. The number of anilines is 2. The van der Waals surface area contributed by atoms with Crippen molar-refractivity contribution >= 4 is 11.5 Å². The van der Waals surface area contributed by atoms with Crippen LogP contribution in [-0.2, 0) is 20.0 Å². The van der Waals surface area contributed by atoms with E-state index in [9.17, 15) is 0 Å². The van der Waals surface area contributed by atoms with Gasteiger partial charge in [-0.25, -0.2) is 0 Å². The molecular weight excluding hydrogens is 230 g/mol. The van der Waals surface area contributed by atoms with Gasteiger partial charge in [0, 0.05) is 26.3 Å². The van der Waals surface area contributed by atoms with E-state index in [1.54, 1.807) is 10.9 Å². The molecule has 0 radical (unpaired) electrons. The van der Waals surface area contributed by atoms with E-state index >= 15 is 0 Å². The standard InChI is InChI=1S/C11H19N7/c1-3-9-10(12)11(17(2)15-9)13-5-4-7-18-8-6-14-16-18/h6,8,13H,3-5,7,12H2,1-2H3. The molecule has 0 atom stereocenters. The van der Waals surface area contributed by atoms with Crippen LogP contribution in [0.4, 0.5) is 11.5 Å². The molecule has 2 heterocycles. The molecule has 2 aromatic rings. The van der Waals surface area contributed by atoms with Gasteiger partial charge in [0.1, 0.15) is 5.82 Å². The average molecular weight is 249 g/mol. The molecule has 0 aliphatic carbocycles. The molecule has 0 aliphatic heterocycles. The smallest absolute Gasteiger partial charge is 0.147 e. The summed E-state index contributed by atoms with van der Waals surface area (Å²) < 4.78 is 3.61. The number of nitrogen functional groups attached to an aromatic ring is 1. The predicted molar refractivity (Wildman–Crippen MR) is 70.1 cm³/mol. The maximum absolute atomic E-state index is 6.02. The zero-order valence-corrected chi connectivity index (χ0v) is 10.8. The maximum atomic E-state index is 6.02. The van der Waals surface area contributed by atoms with Crippen molar-refractivity contribution in [1.29, 1.82) is 0 Å². The van der Waals surface area contributed by atoms with Crippen molar-refractivity contribution in [1.82, 2.24) is 24.8 Å². The second-order valence-corrected chi connectivity index (χ2v) is 4.13. The second kappa shape index (κ2) is 5.52. The molecule has 0 unspecified atom stereocenters. The van der Waals surface area contributed by atoms with Gasteiger partial charge in [0.15, 0.2) is 0 Å². The topological polar surface area (TPSA) is 86.6 Å². The predicted octanol–water partition coefficient (Wildman–Crippen LogP) is 0.658. The zero-order chi connectivity index (χ0) is 13.0. The molecule has 0 fully saturated rings. The molecular formula is C11H19N7. The van der Waals surface area contributed by atoms with Crippen LogP contribution in [0.3, 0.4) is 0 Å². The average Bonchev–Trinajstić information content (AvgIpc) is 2.96. The molecule has 0 aromatic carbocycles. The van der Waals surface area contributed by atoms with Crippen LogP contribution >= 0.6 is 0 Å². The fraction of sp³-hybridized carbons (Fsp3) is 0.545. The number of hydrogen-bond acceptors (Lipinski definition) is 5. The summed E-state index contributed by atoms with van der Waals surface area (Å²) in [6.07, 6.45) is 5.34. The number of nitrogens with one attached hydrogen (secondary N) is 1. The molecule has 0 aliphatic rings. The summed E-state index contributed by atoms with van der Waals surface area (Å²) >= 11 is 0. The Kier molecular flexibility index (Phi) is 3.81. The van der Waals surface area contributed by atoms with Crippen LogP contribution in [0.5, 0.6) is 0 Å². The Morgan fingerprint density at radius 3 is 2.89 bits per heavy atom. The third kappa shape index (κ3) is 2.61. The molecule has 7 heteroatoms. The van der Waals surface area contributed by atoms with Crippen molar-refractivity contribution in [2.24, 2.45) is 7.05 Å². The Labute approximate surface area is 106 Å². The summed E-state index contributed by atoms with van der Waals surface area (Å²) in [6.45, 7) is 3.71. The molecule has 0 amide bonds. The van der Waals surface area contributed by atoms with Gasteiger partial charge in [-0.2, -0.15) is 5.10 Å². The van der Waals surface area contributed by atoms with Crippen molar-refractivity contribution in [2.75, 3.05) is 17.6 Å². The Bertz CT molecular complexity index is 486. The molecule has 0 bridgehead atoms. The Balaban J connectivity index is 1.85. The second-order valence-electron chi connectivity index (χ2n) is 4.13. The lowest BCUT2D eigenvalue weighted by Crippen LogP contribution is -2.10. The SMILES string of the molecule is CCc1nn(C)c(NCCCn2ccnn2)c1N. The van der Waals surface area contributed by atoms with Gasteiger partial charge >= 0.3 is 0 Å². The van der Waals surface area contributed by atoms with Gasteiger partial charge in [0.25, 0.3) is 0 Å². The number of aryl methyl sites for hydroxylation is 3. The third-order valence-electron chi connectivity index (χ3n) is 2.82. The van der Waals surface area contributed by atoms with E-state index in [-0.39, 0.29) is 0 Å². The molecule has 7 nitrogen and oxygen atoms in total. The lowest BCUT2D eigenvalue weighted by atomic mass is 10.3. The first kappa shape index (κ1) is 12.4. The Hall–Kier alpha value is -2.05. The Morgan fingerprint density at radius 2 is 2.28 bits per heavy atom. The molecule has 0 spiro atoms. The highest BCUT2D eigenvalue weighted by molar-refractivity contribution is 5.64. The van der Waals surface area contributed by atoms with Crippen molar-refractivity contribution in [3.8, 4) is 0 Å². The van der Waals surface area contributed by atoms with Crippen LogP contribution in [-0.4, -0.2) is 31.3 Å². The van der Waals surface area contributed by atoms with E-state index in [0.717, 1.165) is 43.1 Å². The fourth-order valence-corrected chi connectivity index (χ4v) is 1.87. The monoisotopic (exact) mass is 249 g/mol. The molecule has 18 heavy (non-hydrogen) atoms. The minimum atomic E-state index is 0.751. The van der Waals surface area contributed by atoms with E-state index in [0.29, 0.717) is 0 Å². The van der Waals surface area contributed by atoms with Crippen LogP contribution in [0.25, 0.3) is 0 Å². The lowest BCUT2D eigenvalue weighted by molar-refractivity contribution is 0.568. The normalized spacial score (nSPS) is 10.8. The van der Waals surface area contributed by atoms with E-state index in [1.165, 1.54) is 0 Å². The number of nitrogens with two attached hydrogens (primary N) is 1. The van der Waals surface area contributed by atoms with Gasteiger partial charge in [-0.15, -0.1) is 5.10 Å². The molecule has 2 aromatic heterocycles. The van der Waals surface area contributed by atoms with Gasteiger partial charge in [0.05, 0.1) is 17.6 Å². The number of rotatable bonds is 6. The van der Waals surface area contributed by atoms with Gasteiger partial charge in [-0.1, -0.05) is 12.1 Å². The summed E-state index contributed by atoms with van der Waals surface area (Å²) in [5, 5.41) is 15.3. The van der Waals surface area contributed by atoms with Crippen molar-refractivity contribution in [3.05, 3.63) is 18.1 Å². The highest BCUT2D eigenvalue weighted by Crippen LogP contribution is 2.21. The largest absolute Gasteiger partial charge is 0.394 e. The van der Waals surface area contributed by atoms with Crippen LogP contribution in [0, 0.1) is 0 Å². The fourth-order valence-electron chi connectivity index (χ4n) is 1.87. The van der Waals surface area contributed by atoms with Gasteiger partial charge < -0.3 is 11.1 Å². The minimum Gasteiger partial charge on any atom is -0.394 e. The number of aromatic nitrogens is 5. The van der Waals surface area contributed by atoms with E-state index < -0.39 is 0 Å². The molecule has 0 saturated heterocycles. The zero-order valence-electron chi connectivity index (χ0n) is 10.8. The summed E-state index contributed by atoms with van der Waals surface area (Å²) in [6, 6.07) is 0. The third-order valence-corrected chi connectivity index (χ3v) is 2.82. The summed E-state index contributed by atoms with van der Waals surface area (Å²) in [7, 11) is 1.90. The summed E-state index contributed by atoms with van der Waals surface area (Å²) in [5.74, 6) is 0.894. The van der Waals surface area contributed by atoms with Crippen LogP contribution in [0.15, 0.2) is 12.4 Å². The van der Waals surface area contributed by atoms with Gasteiger partial charge in [-0.05, 0) is 12.8 Å². The molecule has 2 rings (SSSR count). The van der Waals surface area contributed by atoms with Crippen molar-refractivity contribution < 1.29 is 0 Å². The molecule has 3 N–H and O–H groups in total. The minimum absolute atomic E-state index is 0.751.